The number of benzene rings is 1. The second-order valence-corrected chi connectivity index (χ2v) is 3.20. The SMILES string of the molecule is Cc1cn(-c2ccc([N+](=O)[O-])cc2)cn1. The van der Waals surface area contributed by atoms with Crippen molar-refractivity contribution in [2.45, 2.75) is 6.92 Å². The van der Waals surface area contributed by atoms with Crippen LogP contribution in [-0.2, 0) is 0 Å². The van der Waals surface area contributed by atoms with Crippen molar-refractivity contribution in [2.75, 3.05) is 0 Å². The highest BCUT2D eigenvalue weighted by molar-refractivity contribution is 5.40. The summed E-state index contributed by atoms with van der Waals surface area (Å²) < 4.78 is 1.82. The van der Waals surface area contributed by atoms with Crippen LogP contribution in [0.15, 0.2) is 36.8 Å². The van der Waals surface area contributed by atoms with Crippen LogP contribution in [-0.4, -0.2) is 14.5 Å². The van der Waals surface area contributed by atoms with Gasteiger partial charge in [-0.1, -0.05) is 0 Å². The Kier molecular flexibility index (Phi) is 2.21. The van der Waals surface area contributed by atoms with E-state index in [4.69, 9.17) is 0 Å². The Hall–Kier alpha value is -2.17. The highest BCUT2D eigenvalue weighted by atomic mass is 16.6. The van der Waals surface area contributed by atoms with Gasteiger partial charge in [-0.3, -0.25) is 10.1 Å². The molecule has 0 fully saturated rings. The number of nitrogens with zero attached hydrogens (tertiary/aromatic N) is 3. The molecule has 0 spiro atoms. The molecule has 0 aliphatic heterocycles. The molecule has 1 aromatic carbocycles. The summed E-state index contributed by atoms with van der Waals surface area (Å²) in [4.78, 5) is 14.1. The van der Waals surface area contributed by atoms with Crippen molar-refractivity contribution in [3.63, 3.8) is 0 Å². The first-order valence-corrected chi connectivity index (χ1v) is 4.42. The van der Waals surface area contributed by atoms with Crippen LogP contribution in [0, 0.1) is 17.0 Å². The van der Waals surface area contributed by atoms with Crippen LogP contribution in [0.3, 0.4) is 0 Å². The summed E-state index contributed by atoms with van der Waals surface area (Å²) in [5.41, 5.74) is 1.87. The van der Waals surface area contributed by atoms with Crippen LogP contribution in [0.25, 0.3) is 5.69 Å². The summed E-state index contributed by atoms with van der Waals surface area (Å²) in [6.45, 7) is 1.89. The molecule has 0 radical (unpaired) electrons. The van der Waals surface area contributed by atoms with Crippen molar-refractivity contribution in [3.05, 3.63) is 52.6 Å². The lowest BCUT2D eigenvalue weighted by molar-refractivity contribution is -0.384. The molecule has 5 heteroatoms. The van der Waals surface area contributed by atoms with Gasteiger partial charge >= 0.3 is 0 Å². The third-order valence-electron chi connectivity index (χ3n) is 2.07. The van der Waals surface area contributed by atoms with Gasteiger partial charge in [-0.25, -0.2) is 4.98 Å². The van der Waals surface area contributed by atoms with Crippen molar-refractivity contribution < 1.29 is 4.92 Å². The molecule has 5 nitrogen and oxygen atoms in total. The third-order valence-corrected chi connectivity index (χ3v) is 2.07. The zero-order valence-electron chi connectivity index (χ0n) is 8.12. The highest BCUT2D eigenvalue weighted by Crippen LogP contribution is 2.15. The third kappa shape index (κ3) is 1.85. The van der Waals surface area contributed by atoms with Crippen molar-refractivity contribution in [1.29, 1.82) is 0 Å². The maximum atomic E-state index is 10.4. The van der Waals surface area contributed by atoms with Crippen LogP contribution in [0.1, 0.15) is 5.69 Å². The smallest absolute Gasteiger partial charge is 0.269 e. The number of non-ortho nitro benzene ring substituents is 1. The molecule has 2 aromatic rings. The van der Waals surface area contributed by atoms with E-state index in [0.717, 1.165) is 11.4 Å². The normalized spacial score (nSPS) is 10.2. The maximum absolute atomic E-state index is 10.4. The summed E-state index contributed by atoms with van der Waals surface area (Å²) in [6, 6.07) is 6.34. The second kappa shape index (κ2) is 3.53. The number of rotatable bonds is 2. The van der Waals surface area contributed by atoms with Crippen LogP contribution in [0.4, 0.5) is 5.69 Å². The molecule has 0 saturated carbocycles. The number of nitro benzene ring substituents is 1. The molecule has 15 heavy (non-hydrogen) atoms. The van der Waals surface area contributed by atoms with E-state index in [9.17, 15) is 10.1 Å². The van der Waals surface area contributed by atoms with Crippen LogP contribution in [0.5, 0.6) is 0 Å². The molecule has 1 heterocycles. The lowest BCUT2D eigenvalue weighted by atomic mass is 10.3. The summed E-state index contributed by atoms with van der Waals surface area (Å²) in [5.74, 6) is 0. The fourth-order valence-corrected chi connectivity index (χ4v) is 1.31. The first-order valence-electron chi connectivity index (χ1n) is 4.42. The average Bonchev–Trinajstić information content (AvgIpc) is 2.65. The van der Waals surface area contributed by atoms with E-state index in [1.54, 1.807) is 18.5 Å². The second-order valence-electron chi connectivity index (χ2n) is 3.20. The molecular weight excluding hydrogens is 194 g/mol. The fraction of sp³-hybridized carbons (Fsp3) is 0.100. The number of hydrogen-bond donors (Lipinski definition) is 0. The summed E-state index contributed by atoms with van der Waals surface area (Å²) in [7, 11) is 0. The van der Waals surface area contributed by atoms with Crippen molar-refractivity contribution in [2.24, 2.45) is 0 Å². The van der Waals surface area contributed by atoms with Gasteiger partial charge in [0, 0.05) is 24.0 Å². The number of imidazole rings is 1. The zero-order chi connectivity index (χ0) is 10.8. The highest BCUT2D eigenvalue weighted by Gasteiger charge is 2.04. The van der Waals surface area contributed by atoms with E-state index in [2.05, 4.69) is 4.98 Å². The van der Waals surface area contributed by atoms with E-state index >= 15 is 0 Å². The minimum absolute atomic E-state index is 0.0931. The summed E-state index contributed by atoms with van der Waals surface area (Å²) in [6.07, 6.45) is 3.54. The van der Waals surface area contributed by atoms with Gasteiger partial charge in [0.05, 0.1) is 16.9 Å². The van der Waals surface area contributed by atoms with Gasteiger partial charge in [0.2, 0.25) is 0 Å². The molecule has 2 rings (SSSR count). The molecule has 0 amide bonds. The standard InChI is InChI=1S/C10H9N3O2/c1-8-6-12(7-11-8)9-2-4-10(5-3-9)13(14)15/h2-7H,1H3. The number of aromatic nitrogens is 2. The first-order chi connectivity index (χ1) is 7.16. The van der Waals surface area contributed by atoms with Gasteiger partial charge in [-0.2, -0.15) is 0 Å². The van der Waals surface area contributed by atoms with E-state index in [1.165, 1.54) is 12.1 Å². The molecule has 0 atom stereocenters. The molecule has 0 aliphatic carbocycles. The molecule has 0 bridgehead atoms. The maximum Gasteiger partial charge on any atom is 0.269 e. The van der Waals surface area contributed by atoms with Gasteiger partial charge < -0.3 is 4.57 Å². The lowest BCUT2D eigenvalue weighted by Gasteiger charge is -2.00. The Bertz CT molecular complexity index is 488. The summed E-state index contributed by atoms with van der Waals surface area (Å²) >= 11 is 0. The monoisotopic (exact) mass is 203 g/mol. The summed E-state index contributed by atoms with van der Waals surface area (Å²) in [5, 5.41) is 10.4. The van der Waals surface area contributed by atoms with E-state index < -0.39 is 4.92 Å². The van der Waals surface area contributed by atoms with Gasteiger partial charge in [0.15, 0.2) is 0 Å². The number of nitro groups is 1. The quantitative estimate of drug-likeness (QED) is 0.554. The molecule has 1 aromatic heterocycles. The zero-order valence-corrected chi connectivity index (χ0v) is 8.12. The molecule has 0 saturated heterocycles. The van der Waals surface area contributed by atoms with Crippen LogP contribution >= 0.6 is 0 Å². The Morgan fingerprint density at radius 1 is 1.33 bits per heavy atom. The molecule has 0 N–H and O–H groups in total. The number of aryl methyl sites for hydroxylation is 1. The van der Waals surface area contributed by atoms with Crippen molar-refractivity contribution in [1.82, 2.24) is 9.55 Å². The van der Waals surface area contributed by atoms with Gasteiger partial charge in [0.25, 0.3) is 5.69 Å². The largest absolute Gasteiger partial charge is 0.306 e. The lowest BCUT2D eigenvalue weighted by Crippen LogP contribution is -1.91. The molecule has 0 unspecified atom stereocenters. The Balaban J connectivity index is 2.35. The Morgan fingerprint density at radius 2 is 2.00 bits per heavy atom. The molecule has 0 aliphatic rings. The van der Waals surface area contributed by atoms with E-state index in [1.807, 2.05) is 17.7 Å². The minimum Gasteiger partial charge on any atom is -0.306 e. The predicted molar refractivity (Wildman–Crippen MR) is 55.0 cm³/mol. The average molecular weight is 203 g/mol. The Morgan fingerprint density at radius 3 is 2.47 bits per heavy atom. The predicted octanol–water partition coefficient (Wildman–Crippen LogP) is 2.09. The number of hydrogen-bond acceptors (Lipinski definition) is 3. The van der Waals surface area contributed by atoms with Gasteiger partial charge in [0.1, 0.15) is 0 Å². The van der Waals surface area contributed by atoms with Crippen LogP contribution in [0.2, 0.25) is 0 Å². The van der Waals surface area contributed by atoms with Gasteiger partial charge in [-0.05, 0) is 19.1 Å². The Labute approximate surface area is 86.1 Å². The fourth-order valence-electron chi connectivity index (χ4n) is 1.31. The van der Waals surface area contributed by atoms with E-state index in [0.29, 0.717) is 0 Å². The first kappa shape index (κ1) is 9.39. The molecule has 76 valence electrons. The minimum atomic E-state index is -0.414. The van der Waals surface area contributed by atoms with Crippen molar-refractivity contribution in [3.8, 4) is 5.69 Å². The van der Waals surface area contributed by atoms with Crippen LogP contribution < -0.4 is 0 Å². The van der Waals surface area contributed by atoms with Crippen molar-refractivity contribution >= 4 is 5.69 Å². The van der Waals surface area contributed by atoms with Gasteiger partial charge in [-0.15, -0.1) is 0 Å². The van der Waals surface area contributed by atoms with E-state index in [-0.39, 0.29) is 5.69 Å². The molecular formula is C10H9N3O2. The topological polar surface area (TPSA) is 61.0 Å².